The average molecular weight is 1310 g/mol. The SMILES string of the molecule is CNc1ccc2[nH]nc3c2c1C(=O)c1ccccc1-3.COCCOCC1N=C2c3ccccc3C(=O)c3c([N+](=O)[O-])ccc1c32.COCCOCCl.COCCOCn1nc2c3c(c(N)ccc31)C(=O)c1ccccc1-2.O=C1c2ccccc2-c2n[nH]c3ccc([N+](=O)[O-])c1c23. The van der Waals surface area contributed by atoms with E-state index < -0.39 is 9.85 Å². The Kier molecular flexibility index (Phi) is 19.2. The quantitative estimate of drug-likeness (QED) is 0.0216. The number of ether oxygens (including phenoxy) is 6. The largest absolute Gasteiger partial charge is 0.398 e. The number of hydrogen-bond donors (Lipinski definition) is 4. The van der Waals surface area contributed by atoms with E-state index in [1.54, 1.807) is 74.5 Å². The molecule has 1 unspecified atom stereocenters. The van der Waals surface area contributed by atoms with E-state index in [0.29, 0.717) is 131 Å². The minimum Gasteiger partial charge on any atom is -0.398 e. The fourth-order valence-electron chi connectivity index (χ4n) is 12.3. The minimum absolute atomic E-state index is 0.0546. The highest BCUT2D eigenvalue weighted by molar-refractivity contribution is 6.33. The number of methoxy groups -OCH3 is 3. The topological polar surface area (TPSA) is 336 Å². The van der Waals surface area contributed by atoms with Gasteiger partial charge in [0.25, 0.3) is 11.4 Å². The normalized spacial score (nSPS) is 13.5. The number of nitrogens with zero attached hydrogens (tertiary/aromatic N) is 7. The van der Waals surface area contributed by atoms with E-state index in [-0.39, 0.29) is 57.7 Å². The molecule has 4 aliphatic carbocycles. The highest BCUT2D eigenvalue weighted by Gasteiger charge is 2.41. The van der Waals surface area contributed by atoms with Crippen molar-refractivity contribution in [3.63, 3.8) is 0 Å². The lowest BCUT2D eigenvalue weighted by molar-refractivity contribution is -0.385. The number of anilines is 2. The second-order valence-electron chi connectivity index (χ2n) is 22.0. The molecular weight excluding hydrogens is 1250 g/mol. The summed E-state index contributed by atoms with van der Waals surface area (Å²) in [6.45, 7) is 3.72. The number of ketones is 4. The van der Waals surface area contributed by atoms with Gasteiger partial charge in [0, 0.05) is 118 Å². The molecule has 0 radical (unpaired) electrons. The molecule has 16 rings (SSSR count). The van der Waals surface area contributed by atoms with Crippen molar-refractivity contribution in [2.75, 3.05) is 91.7 Å². The molecule has 3 aromatic heterocycles. The number of nitro benzene ring substituents is 2. The number of fused-ring (bicyclic) bond motifs is 8. The highest BCUT2D eigenvalue weighted by Crippen LogP contribution is 2.46. The number of hydrogen-bond acceptors (Lipinski definition) is 20. The van der Waals surface area contributed by atoms with Crippen LogP contribution < -0.4 is 11.1 Å². The number of carbonyl (C=O) groups is 4. The van der Waals surface area contributed by atoms with Crippen LogP contribution >= 0.6 is 11.6 Å². The van der Waals surface area contributed by atoms with E-state index in [1.165, 1.54) is 12.1 Å². The zero-order chi connectivity index (χ0) is 67.3. The summed E-state index contributed by atoms with van der Waals surface area (Å²) >= 11 is 5.16. The fourth-order valence-corrected chi connectivity index (χ4v) is 12.4. The second-order valence-corrected chi connectivity index (χ2v) is 22.2. The number of benzene rings is 8. The molecule has 1 atom stereocenters. The van der Waals surface area contributed by atoms with Gasteiger partial charge in [-0.15, -0.1) is 0 Å². The van der Waals surface area contributed by atoms with Crippen molar-refractivity contribution in [2.24, 2.45) is 4.99 Å². The van der Waals surface area contributed by atoms with Gasteiger partial charge in [-0.05, 0) is 42.0 Å². The van der Waals surface area contributed by atoms with Gasteiger partial charge in [0.05, 0.1) is 95.5 Å². The van der Waals surface area contributed by atoms with Crippen molar-refractivity contribution in [1.29, 1.82) is 0 Å². The molecule has 0 amide bonds. The van der Waals surface area contributed by atoms with Crippen molar-refractivity contribution < 1.29 is 57.4 Å². The number of carbonyl (C=O) groups excluding carboxylic acids is 4. The van der Waals surface area contributed by atoms with Gasteiger partial charge in [0.2, 0.25) is 11.6 Å². The number of aromatic amines is 2. The van der Waals surface area contributed by atoms with Crippen molar-refractivity contribution in [2.45, 2.75) is 12.8 Å². The van der Waals surface area contributed by atoms with Crippen molar-refractivity contribution in [3.8, 4) is 33.8 Å². The zero-order valence-corrected chi connectivity index (χ0v) is 52.9. The van der Waals surface area contributed by atoms with Gasteiger partial charge in [-0.2, -0.15) is 15.3 Å². The van der Waals surface area contributed by atoms with Gasteiger partial charge >= 0.3 is 0 Å². The lowest BCUT2D eigenvalue weighted by Gasteiger charge is -2.19. The molecular formula is C70H60ClN11O14. The average Bonchev–Trinajstić information content (AvgIpc) is 1.52. The molecule has 5 aliphatic rings. The maximum atomic E-state index is 13.0. The third-order valence-electron chi connectivity index (χ3n) is 16.6. The number of aliphatic imine (C=N–C) groups is 1. The molecule has 0 bridgehead atoms. The van der Waals surface area contributed by atoms with E-state index in [0.717, 1.165) is 55.6 Å². The predicted octanol–water partition coefficient (Wildman–Crippen LogP) is 11.5. The number of rotatable bonds is 17. The molecule has 4 heterocycles. The third-order valence-corrected chi connectivity index (χ3v) is 16.8. The van der Waals surface area contributed by atoms with E-state index in [1.807, 2.05) is 92.0 Å². The Labute approximate surface area is 551 Å². The Hall–Kier alpha value is -11.0. The molecule has 11 aromatic rings. The van der Waals surface area contributed by atoms with Gasteiger partial charge in [0.1, 0.15) is 41.0 Å². The Morgan fingerprint density at radius 1 is 0.521 bits per heavy atom. The van der Waals surface area contributed by atoms with Crippen LogP contribution in [0.3, 0.4) is 0 Å². The Balaban J connectivity index is 0.000000119. The first-order valence-corrected chi connectivity index (χ1v) is 30.6. The van der Waals surface area contributed by atoms with Crippen molar-refractivity contribution in [1.82, 2.24) is 30.2 Å². The van der Waals surface area contributed by atoms with Crippen LogP contribution in [0.4, 0.5) is 22.7 Å². The first-order chi connectivity index (χ1) is 46.8. The van der Waals surface area contributed by atoms with Gasteiger partial charge in [-0.1, -0.05) is 109 Å². The van der Waals surface area contributed by atoms with Crippen molar-refractivity contribution >= 4 is 95.9 Å². The third kappa shape index (κ3) is 11.8. The van der Waals surface area contributed by atoms with E-state index in [2.05, 4.69) is 35.5 Å². The first kappa shape index (κ1) is 65.0. The number of halogens is 1. The van der Waals surface area contributed by atoms with Crippen LogP contribution in [0.15, 0.2) is 151 Å². The van der Waals surface area contributed by atoms with Gasteiger partial charge in [-0.25, -0.2) is 4.68 Å². The van der Waals surface area contributed by atoms with Crippen LogP contribution in [0.1, 0.15) is 86.4 Å². The summed E-state index contributed by atoms with van der Waals surface area (Å²) in [7, 11) is 6.68. The molecule has 0 spiro atoms. The number of nitro groups is 2. The molecule has 0 saturated carbocycles. The molecule has 5 N–H and O–H groups in total. The summed E-state index contributed by atoms with van der Waals surface area (Å²) in [4.78, 5) is 77.4. The second kappa shape index (κ2) is 28.3. The van der Waals surface area contributed by atoms with Gasteiger partial charge < -0.3 is 39.5 Å². The lowest BCUT2D eigenvalue weighted by atomic mass is 9.81. The van der Waals surface area contributed by atoms with Crippen LogP contribution in [0, 0.1) is 20.2 Å². The molecule has 96 heavy (non-hydrogen) atoms. The smallest absolute Gasteiger partial charge is 0.281 e. The predicted molar refractivity (Wildman–Crippen MR) is 360 cm³/mol. The molecule has 486 valence electrons. The van der Waals surface area contributed by atoms with Gasteiger partial charge in [0.15, 0.2) is 11.6 Å². The summed E-state index contributed by atoms with van der Waals surface area (Å²) in [5.74, 6) is -0.656. The number of nitrogens with two attached hydrogens (primary N) is 1. The highest BCUT2D eigenvalue weighted by atomic mass is 35.5. The van der Waals surface area contributed by atoms with Crippen LogP contribution in [0.25, 0.3) is 66.5 Å². The summed E-state index contributed by atoms with van der Waals surface area (Å²) in [6.07, 6.45) is 0. The molecule has 0 saturated heterocycles. The van der Waals surface area contributed by atoms with E-state index in [4.69, 9.17) is 46.0 Å². The molecule has 26 heteroatoms. The van der Waals surface area contributed by atoms with Gasteiger partial charge in [-0.3, -0.25) is 54.6 Å². The number of alkyl halides is 1. The van der Waals surface area contributed by atoms with Crippen LogP contribution in [-0.4, -0.2) is 150 Å². The Morgan fingerprint density at radius 3 is 1.55 bits per heavy atom. The monoisotopic (exact) mass is 1310 g/mol. The van der Waals surface area contributed by atoms with Crippen LogP contribution in [0.5, 0.6) is 0 Å². The summed E-state index contributed by atoms with van der Waals surface area (Å²) in [6, 6.07) is 42.6. The van der Waals surface area contributed by atoms with Crippen molar-refractivity contribution in [3.05, 3.63) is 227 Å². The lowest BCUT2D eigenvalue weighted by Crippen LogP contribution is -2.22. The van der Waals surface area contributed by atoms with Crippen LogP contribution in [-0.2, 0) is 35.2 Å². The standard InChI is InChI=1S/C19H16N2O5.C18H17N3O3.C15H11N3O.C14H7N3O3.C4H9ClO2/c1-25-8-9-26-10-14-13-6-7-15(21(23)24)17-16(13)18(20-14)11-4-2-3-5-12(11)19(17)22;1-23-8-9-24-10-21-14-7-6-13(19)15-16(14)17(20-21)11-4-2-3-5-12(11)18(15)22;1-16-10-6-7-11-12-13(10)15(19)9-5-3-2-4-8(9)14(12)18-17-11;18-14-8-4-2-1-3-7(8)13-11-9(15-16-13)5-6-10(12(11)14)17(19)20;1-6-2-3-7-4-5/h2-7,14H,8-10H2,1H3;2-7H,8-10,19H2,1H3;2-7,16H,1H3,(H,17,18);1-6H,(H,15,16);2-4H2,1H3. The number of nitrogen functional groups attached to an aromatic ring is 1. The molecule has 25 nitrogen and oxygen atoms in total. The Morgan fingerprint density at radius 2 is 0.990 bits per heavy atom. The maximum Gasteiger partial charge on any atom is 0.281 e. The fraction of sp³-hybridized carbons (Fsp3) is 0.200. The van der Waals surface area contributed by atoms with E-state index in [9.17, 15) is 39.4 Å². The summed E-state index contributed by atoms with van der Waals surface area (Å²) < 4.78 is 32.3. The van der Waals surface area contributed by atoms with Crippen LogP contribution in [0.2, 0.25) is 0 Å². The first-order valence-electron chi connectivity index (χ1n) is 30.1. The summed E-state index contributed by atoms with van der Waals surface area (Å²) in [5, 5.41) is 47.0. The zero-order valence-electron chi connectivity index (χ0n) is 52.1. The number of H-pyrrole nitrogens is 2. The number of aromatic nitrogens is 6. The number of nitrogens with one attached hydrogen (secondary N) is 3. The minimum atomic E-state index is -0.530. The molecule has 8 aromatic carbocycles. The summed E-state index contributed by atoms with van der Waals surface area (Å²) in [5.41, 5.74) is 20.5. The van der Waals surface area contributed by atoms with E-state index >= 15 is 0 Å². The maximum absolute atomic E-state index is 13.0. The molecule has 1 aliphatic heterocycles. The molecule has 0 fully saturated rings. The Bertz CT molecular complexity index is 4960.